The molecule has 0 aliphatic heterocycles. The molecular weight excluding hydrogens is 411 g/mol. The molecule has 0 aliphatic carbocycles. The molecular formula is C14H17ClF3N5O3S. The highest BCUT2D eigenvalue weighted by Crippen LogP contribution is 2.32. The molecule has 0 bridgehead atoms. The zero-order valence-corrected chi connectivity index (χ0v) is 15.4. The smallest absolute Gasteiger partial charge is 0.326 e. The molecule has 2 rings (SSSR count). The quantitative estimate of drug-likeness (QED) is 0.641. The number of hydrogen-bond acceptors (Lipinski definition) is 5. The summed E-state index contributed by atoms with van der Waals surface area (Å²) in [6, 6.07) is 3.07. The van der Waals surface area contributed by atoms with Crippen LogP contribution in [-0.2, 0) is 34.1 Å². The van der Waals surface area contributed by atoms with Crippen LogP contribution in [0.1, 0.15) is 17.5 Å². The predicted octanol–water partition coefficient (Wildman–Crippen LogP) is 1.46. The number of halogens is 4. The molecule has 13 heteroatoms. The number of rotatable bonds is 6. The van der Waals surface area contributed by atoms with E-state index in [1.54, 1.807) is 0 Å². The maximum atomic E-state index is 12.9. The number of hydrogen-bond donors (Lipinski definition) is 3. The number of carbonyl (C=O) groups excluding carboxylic acids is 1. The highest BCUT2D eigenvalue weighted by atomic mass is 35.5. The van der Waals surface area contributed by atoms with Crippen molar-refractivity contribution >= 4 is 34.0 Å². The number of carbonyl (C=O) groups is 1. The molecule has 1 heterocycles. The normalized spacial score (nSPS) is 11.7. The Morgan fingerprint density at radius 2 is 1.93 bits per heavy atom. The average molecular weight is 428 g/mol. The highest BCUT2D eigenvalue weighted by molar-refractivity contribution is 7.89. The minimum atomic E-state index is -4.57. The Labute approximate surface area is 159 Å². The van der Waals surface area contributed by atoms with E-state index in [-0.39, 0.29) is 48.1 Å². The first kappa shape index (κ1) is 22.9. The van der Waals surface area contributed by atoms with E-state index >= 15 is 0 Å². The number of amides is 1. The van der Waals surface area contributed by atoms with E-state index in [0.29, 0.717) is 0 Å². The monoisotopic (exact) mass is 427 g/mol. The van der Waals surface area contributed by atoms with E-state index in [9.17, 15) is 26.4 Å². The van der Waals surface area contributed by atoms with Gasteiger partial charge in [0.05, 0.1) is 11.8 Å². The Kier molecular flexibility index (Phi) is 7.37. The molecule has 0 radical (unpaired) electrons. The van der Waals surface area contributed by atoms with Gasteiger partial charge in [-0.1, -0.05) is 0 Å². The number of alkyl halides is 3. The molecule has 2 aromatic rings. The third-order valence-electron chi connectivity index (χ3n) is 3.35. The largest absolute Gasteiger partial charge is 0.416 e. The van der Waals surface area contributed by atoms with Crippen molar-refractivity contribution in [2.24, 2.45) is 10.9 Å². The number of benzene rings is 1. The summed E-state index contributed by atoms with van der Waals surface area (Å²) >= 11 is 0. The van der Waals surface area contributed by atoms with Crippen molar-refractivity contribution in [3.05, 3.63) is 41.7 Å². The number of nitrogens with two attached hydrogens (primary N) is 2. The second-order valence-electron chi connectivity index (χ2n) is 5.40. The van der Waals surface area contributed by atoms with E-state index < -0.39 is 27.7 Å². The summed E-state index contributed by atoms with van der Waals surface area (Å²) in [7, 11) is -3.90. The van der Waals surface area contributed by atoms with Crippen LogP contribution < -0.4 is 16.2 Å². The molecule has 1 aromatic carbocycles. The summed E-state index contributed by atoms with van der Waals surface area (Å²) in [5.41, 5.74) is 4.66. The second-order valence-corrected chi connectivity index (χ2v) is 6.96. The number of aromatic nitrogens is 2. The fourth-order valence-electron chi connectivity index (χ4n) is 2.10. The summed E-state index contributed by atoms with van der Waals surface area (Å²) in [5, 5.41) is 11.0. The van der Waals surface area contributed by atoms with Crippen molar-refractivity contribution in [3.63, 3.8) is 0 Å². The predicted molar refractivity (Wildman–Crippen MR) is 93.4 cm³/mol. The first-order valence-electron chi connectivity index (χ1n) is 7.25. The Morgan fingerprint density at radius 3 is 2.44 bits per heavy atom. The number of primary sulfonamides is 1. The SMILES string of the molecule is Cl.NCc1cc(NC(=O)CCn2cc(S(N)(=O)=O)cn2)cc(C(F)(F)F)c1. The van der Waals surface area contributed by atoms with Crippen LogP contribution in [0.2, 0.25) is 0 Å². The maximum Gasteiger partial charge on any atom is 0.416 e. The molecule has 8 nitrogen and oxygen atoms in total. The lowest BCUT2D eigenvalue weighted by Crippen LogP contribution is -2.16. The molecule has 0 fully saturated rings. The van der Waals surface area contributed by atoms with Crippen molar-refractivity contribution in [3.8, 4) is 0 Å². The van der Waals surface area contributed by atoms with Gasteiger partial charge in [-0.15, -0.1) is 12.4 Å². The summed E-state index contributed by atoms with van der Waals surface area (Å²) in [6.07, 6.45) is -2.52. The Balaban J connectivity index is 0.00000364. The van der Waals surface area contributed by atoms with Gasteiger partial charge in [-0.05, 0) is 23.8 Å². The molecule has 1 amide bonds. The maximum absolute atomic E-state index is 12.9. The minimum Gasteiger partial charge on any atom is -0.326 e. The zero-order chi connectivity index (χ0) is 19.5. The number of sulfonamides is 1. The minimum absolute atomic E-state index is 0. The molecule has 150 valence electrons. The fourth-order valence-corrected chi connectivity index (χ4v) is 2.56. The van der Waals surface area contributed by atoms with Gasteiger partial charge in [-0.2, -0.15) is 18.3 Å². The van der Waals surface area contributed by atoms with Gasteiger partial charge in [-0.3, -0.25) is 9.48 Å². The van der Waals surface area contributed by atoms with E-state index in [2.05, 4.69) is 10.4 Å². The van der Waals surface area contributed by atoms with E-state index in [1.807, 2.05) is 0 Å². The van der Waals surface area contributed by atoms with Gasteiger partial charge in [0.25, 0.3) is 0 Å². The lowest BCUT2D eigenvalue weighted by atomic mass is 10.1. The first-order chi connectivity index (χ1) is 12.0. The Bertz CT molecular complexity index is 915. The van der Waals surface area contributed by atoms with E-state index in [4.69, 9.17) is 10.9 Å². The standard InChI is InChI=1S/C14H16F3N5O3S.ClH/c15-14(16,17)10-3-9(6-18)4-11(5-10)21-13(23)1-2-22-8-12(7-20-22)26(19,24)25;/h3-5,7-8H,1-2,6,18H2,(H,21,23)(H2,19,24,25);1H. The van der Waals surface area contributed by atoms with Gasteiger partial charge >= 0.3 is 6.18 Å². The van der Waals surface area contributed by atoms with Crippen LogP contribution >= 0.6 is 12.4 Å². The van der Waals surface area contributed by atoms with Crippen molar-refractivity contribution in [1.82, 2.24) is 9.78 Å². The molecule has 0 unspecified atom stereocenters. The topological polar surface area (TPSA) is 133 Å². The zero-order valence-electron chi connectivity index (χ0n) is 13.7. The van der Waals surface area contributed by atoms with Crippen molar-refractivity contribution in [1.29, 1.82) is 0 Å². The molecule has 1 aromatic heterocycles. The van der Waals surface area contributed by atoms with Crippen LogP contribution in [-0.4, -0.2) is 24.1 Å². The van der Waals surface area contributed by atoms with Gasteiger partial charge in [0.2, 0.25) is 15.9 Å². The second kappa shape index (κ2) is 8.69. The third kappa shape index (κ3) is 6.50. The van der Waals surface area contributed by atoms with Crippen LogP contribution in [0.4, 0.5) is 18.9 Å². The van der Waals surface area contributed by atoms with Crippen LogP contribution in [0.15, 0.2) is 35.5 Å². The summed E-state index contributed by atoms with van der Waals surface area (Å²) in [4.78, 5) is 11.7. The molecule has 27 heavy (non-hydrogen) atoms. The third-order valence-corrected chi connectivity index (χ3v) is 4.21. The molecule has 0 atom stereocenters. The number of aryl methyl sites for hydroxylation is 1. The average Bonchev–Trinajstić information content (AvgIpc) is 3.01. The molecule has 5 N–H and O–H groups in total. The van der Waals surface area contributed by atoms with Crippen molar-refractivity contribution in [2.75, 3.05) is 5.32 Å². The van der Waals surface area contributed by atoms with Crippen LogP contribution in [0.3, 0.4) is 0 Å². The highest BCUT2D eigenvalue weighted by Gasteiger charge is 2.31. The summed E-state index contributed by atoms with van der Waals surface area (Å²) < 4.78 is 62.1. The van der Waals surface area contributed by atoms with Crippen molar-refractivity contribution < 1.29 is 26.4 Å². The van der Waals surface area contributed by atoms with Gasteiger partial charge in [0, 0.05) is 31.4 Å². The summed E-state index contributed by atoms with van der Waals surface area (Å²) in [6.45, 7) is -0.0967. The number of nitrogens with one attached hydrogen (secondary N) is 1. The van der Waals surface area contributed by atoms with Crippen LogP contribution in [0.25, 0.3) is 0 Å². The van der Waals surface area contributed by atoms with Crippen molar-refractivity contribution in [2.45, 2.75) is 30.6 Å². The first-order valence-corrected chi connectivity index (χ1v) is 8.80. The van der Waals surface area contributed by atoms with Crippen LogP contribution in [0.5, 0.6) is 0 Å². The van der Waals surface area contributed by atoms with Gasteiger partial charge in [0.1, 0.15) is 4.90 Å². The lowest BCUT2D eigenvalue weighted by Gasteiger charge is -2.12. The molecule has 0 saturated heterocycles. The lowest BCUT2D eigenvalue weighted by molar-refractivity contribution is -0.137. The Hall–Kier alpha value is -2.15. The van der Waals surface area contributed by atoms with Crippen LogP contribution in [0, 0.1) is 0 Å². The van der Waals surface area contributed by atoms with Gasteiger partial charge in [0.15, 0.2) is 0 Å². The van der Waals surface area contributed by atoms with Gasteiger partial charge in [-0.25, -0.2) is 13.6 Å². The Morgan fingerprint density at radius 1 is 1.26 bits per heavy atom. The van der Waals surface area contributed by atoms with E-state index in [0.717, 1.165) is 24.5 Å². The molecule has 0 spiro atoms. The number of nitrogens with zero attached hydrogens (tertiary/aromatic N) is 2. The fraction of sp³-hybridized carbons (Fsp3) is 0.286. The molecule has 0 saturated carbocycles. The van der Waals surface area contributed by atoms with E-state index in [1.165, 1.54) is 10.7 Å². The molecule has 0 aliphatic rings. The number of anilines is 1. The van der Waals surface area contributed by atoms with Gasteiger partial charge < -0.3 is 11.1 Å². The summed E-state index contributed by atoms with van der Waals surface area (Å²) in [5.74, 6) is -0.569.